The monoisotopic (exact) mass is 425 g/mol. The van der Waals surface area contributed by atoms with Crippen LogP contribution in [0.25, 0.3) is 0 Å². The van der Waals surface area contributed by atoms with E-state index >= 15 is 0 Å². The van der Waals surface area contributed by atoms with E-state index in [9.17, 15) is 13.2 Å². The summed E-state index contributed by atoms with van der Waals surface area (Å²) < 4.78 is 38.4. The number of hydrogen-bond acceptors (Lipinski definition) is 5. The molecule has 3 rings (SSSR count). The van der Waals surface area contributed by atoms with Crippen molar-refractivity contribution in [3.05, 3.63) is 83.4 Å². The molecule has 0 aliphatic rings. The quantitative estimate of drug-likeness (QED) is 0.587. The summed E-state index contributed by atoms with van der Waals surface area (Å²) in [6.07, 6.45) is 0. The van der Waals surface area contributed by atoms with E-state index in [0.29, 0.717) is 22.7 Å². The van der Waals surface area contributed by atoms with Crippen molar-refractivity contribution in [3.8, 4) is 11.5 Å². The number of carbonyl (C=O) groups excluding carboxylic acids is 1. The van der Waals surface area contributed by atoms with Crippen LogP contribution in [0.4, 0.5) is 5.69 Å². The second-order valence-electron chi connectivity index (χ2n) is 6.75. The first-order valence-corrected chi connectivity index (χ1v) is 10.7. The number of sulfonamides is 1. The molecular formula is C23H23NO5S. The summed E-state index contributed by atoms with van der Waals surface area (Å²) in [6, 6.07) is 17.8. The summed E-state index contributed by atoms with van der Waals surface area (Å²) in [5.41, 5.74) is 1.96. The van der Waals surface area contributed by atoms with Crippen LogP contribution >= 0.6 is 0 Å². The van der Waals surface area contributed by atoms with Gasteiger partial charge in [0.15, 0.2) is 11.5 Å². The molecule has 6 nitrogen and oxygen atoms in total. The van der Waals surface area contributed by atoms with Crippen LogP contribution in [0.5, 0.6) is 11.5 Å². The summed E-state index contributed by atoms with van der Waals surface area (Å²) in [4.78, 5) is 13.6. The number of carbonyl (C=O) groups is 1. The lowest BCUT2D eigenvalue weighted by Crippen LogP contribution is -2.37. The third-order valence-corrected chi connectivity index (χ3v) is 6.39. The lowest BCUT2D eigenvalue weighted by atomic mass is 10.1. The van der Waals surface area contributed by atoms with Crippen LogP contribution in [0.2, 0.25) is 0 Å². The first-order chi connectivity index (χ1) is 14.3. The number of rotatable bonds is 6. The van der Waals surface area contributed by atoms with E-state index in [-0.39, 0.29) is 10.5 Å². The zero-order valence-electron chi connectivity index (χ0n) is 17.2. The third kappa shape index (κ3) is 4.02. The fraction of sp³-hybridized carbons (Fsp3) is 0.174. The highest BCUT2D eigenvalue weighted by Crippen LogP contribution is 2.32. The lowest BCUT2D eigenvalue weighted by Gasteiger charge is -2.25. The van der Waals surface area contributed by atoms with Gasteiger partial charge in [0, 0.05) is 5.56 Å². The van der Waals surface area contributed by atoms with Gasteiger partial charge < -0.3 is 9.47 Å². The van der Waals surface area contributed by atoms with Gasteiger partial charge in [-0.1, -0.05) is 30.3 Å². The van der Waals surface area contributed by atoms with Gasteiger partial charge in [-0.25, -0.2) is 8.42 Å². The van der Waals surface area contributed by atoms with Crippen molar-refractivity contribution in [2.24, 2.45) is 0 Å². The highest BCUT2D eigenvalue weighted by molar-refractivity contribution is 7.93. The van der Waals surface area contributed by atoms with E-state index in [1.54, 1.807) is 43.3 Å². The van der Waals surface area contributed by atoms with Crippen LogP contribution in [0.3, 0.4) is 0 Å². The Labute approximate surface area is 176 Å². The van der Waals surface area contributed by atoms with Gasteiger partial charge in [-0.15, -0.1) is 0 Å². The SMILES string of the molecule is COc1ccc(C(=O)N(c2cc(C)ccc2C)S(=O)(=O)c2ccccc2)cc1OC. The second kappa shape index (κ2) is 8.59. The first-order valence-electron chi connectivity index (χ1n) is 9.23. The lowest BCUT2D eigenvalue weighted by molar-refractivity contribution is 0.100. The Bertz CT molecular complexity index is 1170. The molecule has 0 N–H and O–H groups in total. The molecule has 30 heavy (non-hydrogen) atoms. The fourth-order valence-electron chi connectivity index (χ4n) is 3.07. The molecule has 1 amide bonds. The van der Waals surface area contributed by atoms with Crippen molar-refractivity contribution in [2.75, 3.05) is 18.5 Å². The highest BCUT2D eigenvalue weighted by atomic mass is 32.2. The Hall–Kier alpha value is -3.32. The van der Waals surface area contributed by atoms with Crippen molar-refractivity contribution in [1.82, 2.24) is 0 Å². The van der Waals surface area contributed by atoms with E-state index in [1.807, 2.05) is 13.0 Å². The smallest absolute Gasteiger partial charge is 0.272 e. The number of ether oxygens (including phenoxy) is 2. The Morgan fingerprint density at radius 3 is 2.13 bits per heavy atom. The van der Waals surface area contributed by atoms with Crippen molar-refractivity contribution in [1.29, 1.82) is 0 Å². The molecule has 0 saturated carbocycles. The number of amides is 1. The minimum Gasteiger partial charge on any atom is -0.493 e. The maximum Gasteiger partial charge on any atom is 0.272 e. The number of anilines is 1. The molecule has 0 radical (unpaired) electrons. The van der Waals surface area contributed by atoms with Crippen molar-refractivity contribution < 1.29 is 22.7 Å². The van der Waals surface area contributed by atoms with Gasteiger partial charge in [0.2, 0.25) is 0 Å². The zero-order chi connectivity index (χ0) is 21.9. The van der Waals surface area contributed by atoms with Gasteiger partial charge in [-0.05, 0) is 61.4 Å². The van der Waals surface area contributed by atoms with E-state index in [4.69, 9.17) is 9.47 Å². The average molecular weight is 426 g/mol. The molecule has 0 aliphatic heterocycles. The molecule has 0 fully saturated rings. The minimum absolute atomic E-state index is 0.0275. The van der Waals surface area contributed by atoms with Crippen molar-refractivity contribution >= 4 is 21.6 Å². The summed E-state index contributed by atoms with van der Waals surface area (Å²) >= 11 is 0. The number of benzene rings is 3. The van der Waals surface area contributed by atoms with E-state index < -0.39 is 15.9 Å². The molecule has 0 aromatic heterocycles. The minimum atomic E-state index is -4.16. The van der Waals surface area contributed by atoms with Crippen LogP contribution in [0, 0.1) is 13.8 Å². The Morgan fingerprint density at radius 2 is 1.50 bits per heavy atom. The zero-order valence-corrected chi connectivity index (χ0v) is 18.1. The molecule has 0 unspecified atom stereocenters. The van der Waals surface area contributed by atoms with E-state index in [2.05, 4.69) is 0 Å². The van der Waals surface area contributed by atoms with Gasteiger partial charge in [0.05, 0.1) is 24.8 Å². The highest BCUT2D eigenvalue weighted by Gasteiger charge is 2.33. The van der Waals surface area contributed by atoms with E-state index in [1.165, 1.54) is 38.5 Å². The van der Waals surface area contributed by atoms with Gasteiger partial charge >= 0.3 is 0 Å². The fourth-order valence-corrected chi connectivity index (χ4v) is 4.56. The largest absolute Gasteiger partial charge is 0.493 e. The molecular weight excluding hydrogens is 402 g/mol. The molecule has 0 spiro atoms. The van der Waals surface area contributed by atoms with Gasteiger partial charge in [0.1, 0.15) is 0 Å². The van der Waals surface area contributed by atoms with Crippen LogP contribution in [0.15, 0.2) is 71.6 Å². The molecule has 0 heterocycles. The summed E-state index contributed by atoms with van der Waals surface area (Å²) in [7, 11) is -1.22. The molecule has 3 aromatic carbocycles. The number of methoxy groups -OCH3 is 2. The molecule has 7 heteroatoms. The van der Waals surface area contributed by atoms with Crippen LogP contribution in [-0.4, -0.2) is 28.5 Å². The maximum absolute atomic E-state index is 13.5. The predicted molar refractivity (Wildman–Crippen MR) is 116 cm³/mol. The summed E-state index contributed by atoms with van der Waals surface area (Å²) in [5, 5.41) is 0. The van der Waals surface area contributed by atoms with Crippen molar-refractivity contribution in [3.63, 3.8) is 0 Å². The molecule has 156 valence electrons. The number of hydrogen-bond donors (Lipinski definition) is 0. The van der Waals surface area contributed by atoms with Gasteiger partial charge in [0.25, 0.3) is 15.9 Å². The first kappa shape index (κ1) is 21.4. The van der Waals surface area contributed by atoms with Crippen LogP contribution in [-0.2, 0) is 10.0 Å². The van der Waals surface area contributed by atoms with Crippen molar-refractivity contribution in [2.45, 2.75) is 18.7 Å². The second-order valence-corrected chi connectivity index (χ2v) is 8.53. The number of nitrogens with zero attached hydrogens (tertiary/aromatic N) is 1. The Balaban J connectivity index is 2.22. The normalized spacial score (nSPS) is 11.1. The van der Waals surface area contributed by atoms with Crippen LogP contribution in [0.1, 0.15) is 21.5 Å². The summed E-state index contributed by atoms with van der Waals surface area (Å²) in [6.45, 7) is 3.61. The maximum atomic E-state index is 13.5. The van der Waals surface area contributed by atoms with Gasteiger partial charge in [-0.3, -0.25) is 4.79 Å². The number of aryl methyl sites for hydroxylation is 2. The molecule has 0 aliphatic carbocycles. The Kier molecular flexibility index (Phi) is 6.12. The standard InChI is InChI=1S/C23H23NO5S/c1-16-10-11-17(2)20(14-16)24(30(26,27)19-8-6-5-7-9-19)23(25)18-12-13-21(28-3)22(15-18)29-4/h5-15H,1-4H3. The predicted octanol–water partition coefficient (Wildman–Crippen LogP) is 4.36. The summed E-state index contributed by atoms with van der Waals surface area (Å²) in [5.74, 6) is 0.0909. The van der Waals surface area contributed by atoms with Crippen LogP contribution < -0.4 is 13.8 Å². The topological polar surface area (TPSA) is 72.9 Å². The molecule has 0 bridgehead atoms. The van der Waals surface area contributed by atoms with E-state index in [0.717, 1.165) is 9.87 Å². The van der Waals surface area contributed by atoms with Gasteiger partial charge in [-0.2, -0.15) is 4.31 Å². The molecule has 3 aromatic rings. The average Bonchev–Trinajstić information content (AvgIpc) is 2.76. The molecule has 0 atom stereocenters. The third-order valence-electron chi connectivity index (χ3n) is 4.68. The Morgan fingerprint density at radius 1 is 0.833 bits per heavy atom. The molecule has 0 saturated heterocycles.